The molecule has 0 radical (unpaired) electrons. The first-order chi connectivity index (χ1) is 8.74. The quantitative estimate of drug-likeness (QED) is 0.823. The van der Waals surface area contributed by atoms with Crippen molar-refractivity contribution in [3.63, 3.8) is 0 Å². The molecule has 90 valence electrons. The van der Waals surface area contributed by atoms with Crippen LogP contribution in [-0.2, 0) is 13.0 Å². The minimum absolute atomic E-state index is 0.183. The molecule has 18 heavy (non-hydrogen) atoms. The number of aromatic nitrogens is 1. The van der Waals surface area contributed by atoms with E-state index in [1.54, 1.807) is 22.9 Å². The van der Waals surface area contributed by atoms with E-state index < -0.39 is 0 Å². The lowest BCUT2D eigenvalue weighted by atomic mass is 10.1. The molecule has 1 heterocycles. The second-order valence-corrected chi connectivity index (χ2v) is 4.14. The number of hydrogen-bond donors (Lipinski definition) is 0. The smallest absolute Gasteiger partial charge is 0.268 e. The van der Waals surface area contributed by atoms with E-state index in [1.165, 1.54) is 5.56 Å². The fraction of sp³-hybridized carbons (Fsp3) is 0.200. The van der Waals surface area contributed by atoms with Gasteiger partial charge in [-0.05, 0) is 29.7 Å². The summed E-state index contributed by atoms with van der Waals surface area (Å²) in [5.41, 5.74) is 2.28. The highest BCUT2D eigenvalue weighted by Crippen LogP contribution is 2.06. The van der Waals surface area contributed by atoms with E-state index in [9.17, 15) is 4.79 Å². The highest BCUT2D eigenvalue weighted by molar-refractivity contribution is 5.27. The van der Waals surface area contributed by atoms with Gasteiger partial charge in [-0.25, -0.2) is 0 Å². The monoisotopic (exact) mass is 238 g/mol. The van der Waals surface area contributed by atoms with Gasteiger partial charge in [0.05, 0.1) is 6.54 Å². The molecule has 0 aliphatic heterocycles. The maximum absolute atomic E-state index is 11.9. The standard InChI is InChI=1S/C15H14N2O/c1-2-12-5-7-13(8-6-12)11-17-9-3-4-14(10-16)15(17)18/h3-9H,2,11H2,1H3. The summed E-state index contributed by atoms with van der Waals surface area (Å²) >= 11 is 0. The molecule has 0 N–H and O–H groups in total. The van der Waals surface area contributed by atoms with Gasteiger partial charge in [0.1, 0.15) is 11.6 Å². The Kier molecular flexibility index (Phi) is 3.59. The summed E-state index contributed by atoms with van der Waals surface area (Å²) in [7, 11) is 0. The van der Waals surface area contributed by atoms with Gasteiger partial charge in [0.15, 0.2) is 0 Å². The number of hydrogen-bond acceptors (Lipinski definition) is 2. The van der Waals surface area contributed by atoms with E-state index in [-0.39, 0.29) is 11.1 Å². The molecule has 0 saturated carbocycles. The second-order valence-electron chi connectivity index (χ2n) is 4.14. The summed E-state index contributed by atoms with van der Waals surface area (Å²) in [5, 5.41) is 8.81. The van der Waals surface area contributed by atoms with Crippen LogP contribution in [0.3, 0.4) is 0 Å². The van der Waals surface area contributed by atoms with Crippen molar-refractivity contribution in [2.75, 3.05) is 0 Å². The van der Waals surface area contributed by atoms with E-state index in [4.69, 9.17) is 5.26 Å². The van der Waals surface area contributed by atoms with Crippen LogP contribution in [0.5, 0.6) is 0 Å². The Balaban J connectivity index is 2.29. The molecule has 1 aromatic heterocycles. The number of rotatable bonds is 3. The number of nitrogens with zero attached hydrogens (tertiary/aromatic N) is 2. The number of pyridine rings is 1. The highest BCUT2D eigenvalue weighted by atomic mass is 16.1. The zero-order valence-electron chi connectivity index (χ0n) is 10.3. The lowest BCUT2D eigenvalue weighted by Crippen LogP contribution is -2.22. The molecule has 2 rings (SSSR count). The Hall–Kier alpha value is -2.34. The summed E-state index contributed by atoms with van der Waals surface area (Å²) in [5.74, 6) is 0. The Morgan fingerprint density at radius 2 is 1.83 bits per heavy atom. The average molecular weight is 238 g/mol. The minimum Gasteiger partial charge on any atom is -0.310 e. The third kappa shape index (κ3) is 2.49. The Morgan fingerprint density at radius 3 is 2.44 bits per heavy atom. The molecule has 0 spiro atoms. The van der Waals surface area contributed by atoms with E-state index in [2.05, 4.69) is 19.1 Å². The van der Waals surface area contributed by atoms with Crippen molar-refractivity contribution in [2.45, 2.75) is 19.9 Å². The molecular formula is C15H14N2O. The van der Waals surface area contributed by atoms with Crippen LogP contribution in [0, 0.1) is 11.3 Å². The summed E-state index contributed by atoms with van der Waals surface area (Å²) in [6.45, 7) is 2.61. The number of benzene rings is 1. The molecule has 0 bridgehead atoms. The zero-order chi connectivity index (χ0) is 13.0. The Bertz CT molecular complexity index is 633. The predicted octanol–water partition coefficient (Wildman–Crippen LogP) is 2.33. The Labute approximate surface area is 106 Å². The van der Waals surface area contributed by atoms with Crippen molar-refractivity contribution >= 4 is 0 Å². The van der Waals surface area contributed by atoms with Crippen LogP contribution < -0.4 is 5.56 Å². The zero-order valence-corrected chi connectivity index (χ0v) is 10.3. The summed E-state index contributed by atoms with van der Waals surface area (Å²) < 4.78 is 1.56. The molecule has 0 unspecified atom stereocenters. The van der Waals surface area contributed by atoms with Crippen LogP contribution in [0.2, 0.25) is 0 Å². The lowest BCUT2D eigenvalue weighted by molar-refractivity contribution is 0.756. The van der Waals surface area contributed by atoms with E-state index in [1.807, 2.05) is 18.2 Å². The topological polar surface area (TPSA) is 45.8 Å². The number of aryl methyl sites for hydroxylation is 1. The third-order valence-electron chi connectivity index (χ3n) is 2.92. The fourth-order valence-electron chi connectivity index (χ4n) is 1.82. The van der Waals surface area contributed by atoms with Gasteiger partial charge in [-0.1, -0.05) is 31.2 Å². The first-order valence-corrected chi connectivity index (χ1v) is 5.92. The maximum Gasteiger partial charge on any atom is 0.268 e. The van der Waals surface area contributed by atoms with Gasteiger partial charge in [0, 0.05) is 6.20 Å². The van der Waals surface area contributed by atoms with Crippen molar-refractivity contribution in [3.8, 4) is 6.07 Å². The third-order valence-corrected chi connectivity index (χ3v) is 2.92. The SMILES string of the molecule is CCc1ccc(Cn2cccc(C#N)c2=O)cc1. The molecule has 0 atom stereocenters. The van der Waals surface area contributed by atoms with Crippen molar-refractivity contribution in [2.24, 2.45) is 0 Å². The average Bonchev–Trinajstić information content (AvgIpc) is 2.42. The second kappa shape index (κ2) is 5.33. The lowest BCUT2D eigenvalue weighted by Gasteiger charge is -2.06. The van der Waals surface area contributed by atoms with Crippen molar-refractivity contribution in [1.82, 2.24) is 4.57 Å². The molecule has 0 fully saturated rings. The van der Waals surface area contributed by atoms with Gasteiger partial charge in [0.2, 0.25) is 0 Å². The molecule has 1 aromatic carbocycles. The predicted molar refractivity (Wildman–Crippen MR) is 70.3 cm³/mol. The highest BCUT2D eigenvalue weighted by Gasteiger charge is 2.02. The van der Waals surface area contributed by atoms with E-state index in [0.29, 0.717) is 6.54 Å². The van der Waals surface area contributed by atoms with Crippen LogP contribution in [0.15, 0.2) is 47.4 Å². The van der Waals surface area contributed by atoms with Crippen LogP contribution in [-0.4, -0.2) is 4.57 Å². The normalized spacial score (nSPS) is 10.0. The first kappa shape index (κ1) is 12.1. The van der Waals surface area contributed by atoms with Gasteiger partial charge in [-0.15, -0.1) is 0 Å². The van der Waals surface area contributed by atoms with Gasteiger partial charge in [-0.2, -0.15) is 5.26 Å². The fourth-order valence-corrected chi connectivity index (χ4v) is 1.82. The van der Waals surface area contributed by atoms with Gasteiger partial charge in [0.25, 0.3) is 5.56 Å². The molecule has 0 saturated heterocycles. The van der Waals surface area contributed by atoms with Crippen molar-refractivity contribution in [3.05, 3.63) is 69.6 Å². The summed E-state index contributed by atoms with van der Waals surface area (Å²) in [6.07, 6.45) is 2.71. The maximum atomic E-state index is 11.9. The molecule has 3 nitrogen and oxygen atoms in total. The summed E-state index contributed by atoms with van der Waals surface area (Å²) in [4.78, 5) is 11.9. The molecule has 0 aliphatic rings. The van der Waals surface area contributed by atoms with Gasteiger partial charge in [-0.3, -0.25) is 4.79 Å². The van der Waals surface area contributed by atoms with Crippen molar-refractivity contribution in [1.29, 1.82) is 5.26 Å². The van der Waals surface area contributed by atoms with Gasteiger partial charge >= 0.3 is 0 Å². The molecule has 0 amide bonds. The van der Waals surface area contributed by atoms with E-state index >= 15 is 0 Å². The van der Waals surface area contributed by atoms with Crippen LogP contribution in [0.1, 0.15) is 23.6 Å². The van der Waals surface area contributed by atoms with Crippen LogP contribution >= 0.6 is 0 Å². The minimum atomic E-state index is -0.237. The van der Waals surface area contributed by atoms with E-state index in [0.717, 1.165) is 12.0 Å². The summed E-state index contributed by atoms with van der Waals surface area (Å²) in [6, 6.07) is 13.3. The molecular weight excluding hydrogens is 224 g/mol. The first-order valence-electron chi connectivity index (χ1n) is 5.92. The van der Waals surface area contributed by atoms with Crippen LogP contribution in [0.25, 0.3) is 0 Å². The molecule has 0 aliphatic carbocycles. The number of nitriles is 1. The van der Waals surface area contributed by atoms with Gasteiger partial charge < -0.3 is 4.57 Å². The van der Waals surface area contributed by atoms with Crippen LogP contribution in [0.4, 0.5) is 0 Å². The molecule has 2 aromatic rings. The van der Waals surface area contributed by atoms with Crippen molar-refractivity contribution < 1.29 is 0 Å². The Morgan fingerprint density at radius 1 is 1.17 bits per heavy atom. The largest absolute Gasteiger partial charge is 0.310 e. The molecule has 3 heteroatoms.